The molecule has 5 nitrogen and oxygen atoms in total. The molecule has 1 aromatic heterocycles. The molecule has 1 fully saturated rings. The highest BCUT2D eigenvalue weighted by molar-refractivity contribution is 9.10. The molecule has 1 saturated heterocycles. The average Bonchev–Trinajstić information content (AvgIpc) is 2.74. The molecule has 7 heteroatoms. The minimum Gasteiger partial charge on any atom is -0.479 e. The number of rotatable bonds is 2. The number of amides is 1. The van der Waals surface area contributed by atoms with Crippen molar-refractivity contribution in [2.75, 3.05) is 13.1 Å². The molecule has 0 saturated carbocycles. The van der Waals surface area contributed by atoms with E-state index in [9.17, 15) is 9.59 Å². The van der Waals surface area contributed by atoms with E-state index in [1.165, 1.54) is 16.2 Å². The van der Waals surface area contributed by atoms with Gasteiger partial charge in [-0.1, -0.05) is 0 Å². The van der Waals surface area contributed by atoms with Crippen LogP contribution in [0.4, 0.5) is 0 Å². The minimum absolute atomic E-state index is 0.0913. The van der Waals surface area contributed by atoms with Crippen molar-refractivity contribution in [2.24, 2.45) is 0 Å². The van der Waals surface area contributed by atoms with Gasteiger partial charge in [0.25, 0.3) is 5.91 Å². The van der Waals surface area contributed by atoms with Crippen molar-refractivity contribution in [3.05, 3.63) is 20.8 Å². The summed E-state index contributed by atoms with van der Waals surface area (Å²) in [5, 5.41) is 10.8. The van der Waals surface area contributed by atoms with Crippen molar-refractivity contribution < 1.29 is 19.4 Å². The Hall–Kier alpha value is -0.920. The van der Waals surface area contributed by atoms with Gasteiger partial charge in [-0.25, -0.2) is 4.79 Å². The van der Waals surface area contributed by atoms with Crippen LogP contribution < -0.4 is 0 Å². The van der Waals surface area contributed by atoms with Crippen LogP contribution >= 0.6 is 27.3 Å². The van der Waals surface area contributed by atoms with E-state index >= 15 is 0 Å². The highest BCUT2D eigenvalue weighted by Crippen LogP contribution is 2.23. The summed E-state index contributed by atoms with van der Waals surface area (Å²) in [7, 11) is 0. The maximum Gasteiger partial charge on any atom is 0.334 e. The number of thiophene rings is 1. The molecule has 1 aliphatic heterocycles. The zero-order valence-corrected chi connectivity index (χ0v) is 12.0. The van der Waals surface area contributed by atoms with E-state index in [-0.39, 0.29) is 18.6 Å². The third-order valence-corrected chi connectivity index (χ3v) is 4.28. The fourth-order valence-electron chi connectivity index (χ4n) is 1.83. The molecule has 2 rings (SSSR count). The van der Waals surface area contributed by atoms with Crippen molar-refractivity contribution in [1.29, 1.82) is 0 Å². The van der Waals surface area contributed by atoms with Gasteiger partial charge in [-0.2, -0.15) is 0 Å². The van der Waals surface area contributed by atoms with Crippen LogP contribution in [0.15, 0.2) is 15.9 Å². The second kappa shape index (κ2) is 5.38. The quantitative estimate of drug-likeness (QED) is 0.896. The molecule has 1 amide bonds. The van der Waals surface area contributed by atoms with E-state index in [0.717, 1.165) is 4.47 Å². The smallest absolute Gasteiger partial charge is 0.334 e. The van der Waals surface area contributed by atoms with Gasteiger partial charge < -0.3 is 14.7 Å². The molecule has 0 aromatic carbocycles. The first kappa shape index (κ1) is 13.5. The largest absolute Gasteiger partial charge is 0.479 e. The number of carboxylic acids is 1. The zero-order valence-electron chi connectivity index (χ0n) is 9.63. The standard InChI is InChI=1S/C11H12BrNO4S/c1-6-3-13(4-8(17-6)11(15)16)10(14)9-2-7(12)5-18-9/h2,5-6,8H,3-4H2,1H3,(H,15,16)/t6-,8?/m1/s1. The summed E-state index contributed by atoms with van der Waals surface area (Å²) in [6.07, 6.45) is -1.21. The van der Waals surface area contributed by atoms with Crippen LogP contribution in [0.5, 0.6) is 0 Å². The Morgan fingerprint density at radius 2 is 2.28 bits per heavy atom. The first-order valence-electron chi connectivity index (χ1n) is 5.39. The van der Waals surface area contributed by atoms with Gasteiger partial charge in [0.1, 0.15) is 0 Å². The number of carbonyl (C=O) groups excluding carboxylic acids is 1. The number of carbonyl (C=O) groups is 2. The van der Waals surface area contributed by atoms with Crippen molar-refractivity contribution in [3.8, 4) is 0 Å². The summed E-state index contributed by atoms with van der Waals surface area (Å²) < 4.78 is 6.12. The number of ether oxygens (including phenoxy) is 1. The second-order valence-corrected chi connectivity index (χ2v) is 5.94. The molecule has 2 heterocycles. The van der Waals surface area contributed by atoms with Gasteiger partial charge in [0, 0.05) is 16.4 Å². The summed E-state index contributed by atoms with van der Waals surface area (Å²) >= 11 is 4.63. The summed E-state index contributed by atoms with van der Waals surface area (Å²) in [5.74, 6) is -1.18. The molecule has 1 unspecified atom stereocenters. The fraction of sp³-hybridized carbons (Fsp3) is 0.455. The number of hydrogen-bond acceptors (Lipinski definition) is 4. The lowest BCUT2D eigenvalue weighted by Gasteiger charge is -2.34. The van der Waals surface area contributed by atoms with Crippen molar-refractivity contribution in [2.45, 2.75) is 19.1 Å². The molecule has 1 N–H and O–H groups in total. The third kappa shape index (κ3) is 2.90. The molecular formula is C11H12BrNO4S. The van der Waals surface area contributed by atoms with Crippen LogP contribution in [0.1, 0.15) is 16.6 Å². The predicted molar refractivity (Wildman–Crippen MR) is 69.9 cm³/mol. The average molecular weight is 334 g/mol. The van der Waals surface area contributed by atoms with E-state index in [1.54, 1.807) is 13.0 Å². The Kier molecular flexibility index (Phi) is 4.04. The van der Waals surface area contributed by atoms with Crippen LogP contribution in [0, 0.1) is 0 Å². The van der Waals surface area contributed by atoms with Crippen LogP contribution in [0.2, 0.25) is 0 Å². The maximum atomic E-state index is 12.2. The van der Waals surface area contributed by atoms with Crippen molar-refractivity contribution in [3.63, 3.8) is 0 Å². The van der Waals surface area contributed by atoms with E-state index < -0.39 is 12.1 Å². The van der Waals surface area contributed by atoms with Gasteiger partial charge in [0.05, 0.1) is 17.5 Å². The number of halogens is 1. The Morgan fingerprint density at radius 1 is 1.56 bits per heavy atom. The van der Waals surface area contributed by atoms with Crippen molar-refractivity contribution in [1.82, 2.24) is 4.90 Å². The van der Waals surface area contributed by atoms with Crippen LogP contribution in [0.3, 0.4) is 0 Å². The molecule has 0 radical (unpaired) electrons. The molecule has 1 aromatic rings. The third-order valence-electron chi connectivity index (χ3n) is 2.60. The molecule has 98 valence electrons. The molecule has 0 aliphatic carbocycles. The molecule has 1 aliphatic rings. The lowest BCUT2D eigenvalue weighted by atomic mass is 10.2. The predicted octanol–water partition coefficient (Wildman–Crippen LogP) is 1.82. The summed E-state index contributed by atoms with van der Waals surface area (Å²) in [5.41, 5.74) is 0. The van der Waals surface area contributed by atoms with E-state index in [0.29, 0.717) is 11.4 Å². The SMILES string of the molecule is C[C@@H]1CN(C(=O)c2cc(Br)cs2)CC(C(=O)O)O1. The Balaban J connectivity index is 2.12. The fourth-order valence-corrected chi connectivity index (χ4v) is 3.23. The van der Waals surface area contributed by atoms with Gasteiger partial charge in [0.15, 0.2) is 6.10 Å². The van der Waals surface area contributed by atoms with Crippen LogP contribution in [-0.4, -0.2) is 47.2 Å². The second-order valence-electron chi connectivity index (χ2n) is 4.11. The van der Waals surface area contributed by atoms with Gasteiger partial charge in [-0.05, 0) is 28.9 Å². The number of hydrogen-bond donors (Lipinski definition) is 1. The number of aliphatic carboxylic acids is 1. The lowest BCUT2D eigenvalue weighted by Crippen LogP contribution is -2.51. The van der Waals surface area contributed by atoms with Gasteiger partial charge >= 0.3 is 5.97 Å². The molecular weight excluding hydrogens is 322 g/mol. The normalized spacial score (nSPS) is 24.0. The Morgan fingerprint density at radius 3 is 2.83 bits per heavy atom. The highest BCUT2D eigenvalue weighted by atomic mass is 79.9. The maximum absolute atomic E-state index is 12.2. The van der Waals surface area contributed by atoms with Gasteiger partial charge in [-0.3, -0.25) is 4.79 Å². The van der Waals surface area contributed by atoms with E-state index in [4.69, 9.17) is 9.84 Å². The number of nitrogens with zero attached hydrogens (tertiary/aromatic N) is 1. The monoisotopic (exact) mass is 333 g/mol. The highest BCUT2D eigenvalue weighted by Gasteiger charge is 2.33. The molecule has 18 heavy (non-hydrogen) atoms. The van der Waals surface area contributed by atoms with E-state index in [2.05, 4.69) is 15.9 Å². The molecule has 0 bridgehead atoms. The van der Waals surface area contributed by atoms with Crippen LogP contribution in [-0.2, 0) is 9.53 Å². The summed E-state index contributed by atoms with van der Waals surface area (Å²) in [4.78, 5) is 25.3. The zero-order chi connectivity index (χ0) is 13.3. The van der Waals surface area contributed by atoms with Gasteiger partial charge in [0.2, 0.25) is 0 Å². The van der Waals surface area contributed by atoms with Crippen molar-refractivity contribution >= 4 is 39.1 Å². The number of morpholine rings is 1. The topological polar surface area (TPSA) is 66.8 Å². The minimum atomic E-state index is -1.04. The Bertz CT molecular complexity index is 475. The summed E-state index contributed by atoms with van der Waals surface area (Å²) in [6.45, 7) is 2.27. The molecule has 0 spiro atoms. The first-order chi connectivity index (χ1) is 8.47. The number of carboxylic acid groups (broad SMARTS) is 1. The first-order valence-corrected chi connectivity index (χ1v) is 7.06. The Labute approximate surface area is 116 Å². The van der Waals surface area contributed by atoms with E-state index in [1.807, 2.05) is 5.38 Å². The molecule has 2 atom stereocenters. The summed E-state index contributed by atoms with van der Waals surface area (Å²) in [6, 6.07) is 1.74. The lowest BCUT2D eigenvalue weighted by molar-refractivity contribution is -0.160. The van der Waals surface area contributed by atoms with Gasteiger partial charge in [-0.15, -0.1) is 11.3 Å². The van der Waals surface area contributed by atoms with Crippen LogP contribution in [0.25, 0.3) is 0 Å².